The van der Waals surface area contributed by atoms with Crippen LogP contribution in [-0.4, -0.2) is 88.2 Å². The first-order chi connectivity index (χ1) is 12.0. The summed E-state index contributed by atoms with van der Waals surface area (Å²) in [5.74, 6) is 0.770. The molecule has 1 amide bonds. The molecule has 1 aliphatic carbocycles. The molecule has 7 nitrogen and oxygen atoms in total. The van der Waals surface area contributed by atoms with Crippen molar-refractivity contribution in [1.29, 1.82) is 0 Å². The van der Waals surface area contributed by atoms with E-state index in [0.717, 1.165) is 51.9 Å². The number of guanidine groups is 1. The summed E-state index contributed by atoms with van der Waals surface area (Å²) in [6.07, 6.45) is 5.09. The molecule has 2 aliphatic rings. The van der Waals surface area contributed by atoms with Crippen LogP contribution >= 0.6 is 24.0 Å². The van der Waals surface area contributed by atoms with E-state index in [9.17, 15) is 4.79 Å². The number of hydrogen-bond acceptors (Lipinski definition) is 4. The highest BCUT2D eigenvalue weighted by Crippen LogP contribution is 2.42. The molecule has 2 N–H and O–H groups in total. The van der Waals surface area contributed by atoms with Crippen LogP contribution in [0.2, 0.25) is 0 Å². The highest BCUT2D eigenvalue weighted by atomic mass is 127. The lowest BCUT2D eigenvalue weighted by molar-refractivity contribution is -0.127. The van der Waals surface area contributed by atoms with Crippen molar-refractivity contribution in [3.8, 4) is 0 Å². The molecule has 8 heteroatoms. The number of nitrogens with zero attached hydrogens (tertiary/aromatic N) is 3. The average molecular weight is 481 g/mol. The average Bonchev–Trinajstić information content (AvgIpc) is 2.58. The number of ether oxygens (including phenoxy) is 1. The van der Waals surface area contributed by atoms with Gasteiger partial charge in [0.25, 0.3) is 0 Å². The minimum atomic E-state index is 0. The lowest BCUT2D eigenvalue weighted by Gasteiger charge is -2.41. The second-order valence-corrected chi connectivity index (χ2v) is 7.39. The van der Waals surface area contributed by atoms with Gasteiger partial charge in [0.05, 0.1) is 13.2 Å². The number of nitrogens with one attached hydrogen (secondary N) is 2. The Hall–Kier alpha value is -0.610. The molecule has 1 saturated heterocycles. The Labute approximate surface area is 175 Å². The van der Waals surface area contributed by atoms with Crippen LogP contribution in [0.5, 0.6) is 0 Å². The van der Waals surface area contributed by atoms with Crippen molar-refractivity contribution in [3.05, 3.63) is 0 Å². The van der Waals surface area contributed by atoms with E-state index in [1.54, 1.807) is 19.0 Å². The quantitative estimate of drug-likeness (QED) is 0.309. The molecular weight excluding hydrogens is 445 g/mol. The van der Waals surface area contributed by atoms with Crippen molar-refractivity contribution in [3.63, 3.8) is 0 Å². The van der Waals surface area contributed by atoms with Crippen LogP contribution in [0, 0.1) is 5.41 Å². The first-order valence-electron chi connectivity index (χ1n) is 9.57. The smallest absolute Gasteiger partial charge is 0.243 e. The first kappa shape index (κ1) is 23.4. The fourth-order valence-electron chi connectivity index (χ4n) is 3.22. The van der Waals surface area contributed by atoms with E-state index in [1.807, 2.05) is 0 Å². The topological polar surface area (TPSA) is 69.2 Å². The molecule has 152 valence electrons. The van der Waals surface area contributed by atoms with Gasteiger partial charge in [-0.2, -0.15) is 0 Å². The molecule has 0 aromatic rings. The van der Waals surface area contributed by atoms with Gasteiger partial charge in [0.1, 0.15) is 6.54 Å². The predicted molar refractivity (Wildman–Crippen MR) is 116 cm³/mol. The number of likely N-dealkylation sites (N-methyl/N-ethyl adjacent to an activating group) is 1. The Balaban J connectivity index is 0.00000338. The molecule has 0 aromatic carbocycles. The Morgan fingerprint density at radius 3 is 2.46 bits per heavy atom. The molecule has 0 spiro atoms. The van der Waals surface area contributed by atoms with E-state index in [2.05, 4.69) is 27.4 Å². The lowest BCUT2D eigenvalue weighted by Crippen LogP contribution is -2.48. The van der Waals surface area contributed by atoms with Gasteiger partial charge in [-0.15, -0.1) is 24.0 Å². The van der Waals surface area contributed by atoms with Crippen molar-refractivity contribution < 1.29 is 9.53 Å². The van der Waals surface area contributed by atoms with Crippen LogP contribution in [0.4, 0.5) is 0 Å². The van der Waals surface area contributed by atoms with Gasteiger partial charge in [0, 0.05) is 46.8 Å². The second kappa shape index (κ2) is 12.0. The number of carbonyl (C=O) groups is 1. The fraction of sp³-hybridized carbons (Fsp3) is 0.889. The zero-order valence-corrected chi connectivity index (χ0v) is 18.9. The summed E-state index contributed by atoms with van der Waals surface area (Å²) in [4.78, 5) is 20.3. The van der Waals surface area contributed by atoms with E-state index in [4.69, 9.17) is 4.74 Å². The van der Waals surface area contributed by atoms with Gasteiger partial charge in [0.15, 0.2) is 5.96 Å². The van der Waals surface area contributed by atoms with Crippen molar-refractivity contribution in [2.45, 2.75) is 32.6 Å². The third-order valence-corrected chi connectivity index (χ3v) is 5.49. The number of morpholine rings is 1. The Morgan fingerprint density at radius 2 is 1.92 bits per heavy atom. The Kier molecular flexibility index (Phi) is 10.8. The molecule has 1 aliphatic heterocycles. The molecule has 0 radical (unpaired) electrons. The number of aliphatic imine (C=N–C) groups is 1. The molecule has 2 rings (SSSR count). The molecule has 2 fully saturated rings. The van der Waals surface area contributed by atoms with Crippen molar-refractivity contribution in [2.24, 2.45) is 10.4 Å². The van der Waals surface area contributed by atoms with Gasteiger partial charge >= 0.3 is 0 Å². The second-order valence-electron chi connectivity index (χ2n) is 7.39. The SMILES string of the molecule is CCC1(CNC(=NCC(=O)N(C)C)NCCN2CCOCC2)CCC1.I. The van der Waals surface area contributed by atoms with E-state index in [1.165, 1.54) is 25.7 Å². The standard InChI is InChI=1S/C18H35N5O2.HI/c1-4-18(6-5-7-18)15-21-17(20-14-16(24)22(2)3)19-8-9-23-10-12-25-13-11-23;/h4-15H2,1-3H3,(H2,19,20,21);1H. The van der Waals surface area contributed by atoms with E-state index >= 15 is 0 Å². The molecule has 0 aromatic heterocycles. The molecule has 1 heterocycles. The maximum absolute atomic E-state index is 11.8. The van der Waals surface area contributed by atoms with Crippen LogP contribution < -0.4 is 10.6 Å². The molecule has 0 bridgehead atoms. The molecular formula is C18H36IN5O2. The number of hydrogen-bond donors (Lipinski definition) is 2. The molecule has 26 heavy (non-hydrogen) atoms. The van der Waals surface area contributed by atoms with Gasteiger partial charge in [-0.1, -0.05) is 13.3 Å². The third kappa shape index (κ3) is 7.56. The number of amides is 1. The van der Waals surface area contributed by atoms with E-state index in [-0.39, 0.29) is 36.4 Å². The van der Waals surface area contributed by atoms with Crippen LogP contribution in [0.3, 0.4) is 0 Å². The number of rotatable bonds is 8. The maximum Gasteiger partial charge on any atom is 0.243 e. The molecule has 0 unspecified atom stereocenters. The van der Waals surface area contributed by atoms with Crippen molar-refractivity contribution >= 4 is 35.8 Å². The highest BCUT2D eigenvalue weighted by molar-refractivity contribution is 14.0. The van der Waals surface area contributed by atoms with Gasteiger partial charge in [0.2, 0.25) is 5.91 Å². The first-order valence-corrected chi connectivity index (χ1v) is 9.57. The highest BCUT2D eigenvalue weighted by Gasteiger charge is 2.34. The largest absolute Gasteiger partial charge is 0.379 e. The lowest BCUT2D eigenvalue weighted by atomic mass is 9.67. The van der Waals surface area contributed by atoms with Crippen LogP contribution in [-0.2, 0) is 9.53 Å². The van der Waals surface area contributed by atoms with Crippen LogP contribution in [0.25, 0.3) is 0 Å². The van der Waals surface area contributed by atoms with E-state index in [0.29, 0.717) is 5.41 Å². The van der Waals surface area contributed by atoms with Crippen molar-refractivity contribution in [1.82, 2.24) is 20.4 Å². The Bertz CT molecular complexity index is 443. The van der Waals surface area contributed by atoms with Crippen LogP contribution in [0.1, 0.15) is 32.6 Å². The van der Waals surface area contributed by atoms with Gasteiger partial charge in [-0.3, -0.25) is 9.69 Å². The number of carbonyl (C=O) groups excluding carboxylic acids is 1. The molecule has 0 atom stereocenters. The summed E-state index contributed by atoms with van der Waals surface area (Å²) in [5.41, 5.74) is 0.415. The summed E-state index contributed by atoms with van der Waals surface area (Å²) in [5, 5.41) is 6.86. The van der Waals surface area contributed by atoms with Crippen molar-refractivity contribution in [2.75, 3.05) is 66.6 Å². The number of halogens is 1. The Morgan fingerprint density at radius 1 is 1.23 bits per heavy atom. The van der Waals surface area contributed by atoms with Gasteiger partial charge < -0.3 is 20.3 Å². The minimum absolute atomic E-state index is 0. The third-order valence-electron chi connectivity index (χ3n) is 5.49. The van der Waals surface area contributed by atoms with E-state index < -0.39 is 0 Å². The molecule has 1 saturated carbocycles. The van der Waals surface area contributed by atoms with Gasteiger partial charge in [-0.25, -0.2) is 4.99 Å². The summed E-state index contributed by atoms with van der Waals surface area (Å²) >= 11 is 0. The monoisotopic (exact) mass is 481 g/mol. The normalized spacial score (nSPS) is 19.9. The zero-order valence-electron chi connectivity index (χ0n) is 16.6. The predicted octanol–water partition coefficient (Wildman–Crippen LogP) is 1.14. The summed E-state index contributed by atoms with van der Waals surface area (Å²) in [6.45, 7) is 8.76. The zero-order chi connectivity index (χ0) is 18.1. The summed E-state index contributed by atoms with van der Waals surface area (Å²) in [6, 6.07) is 0. The minimum Gasteiger partial charge on any atom is -0.379 e. The van der Waals surface area contributed by atoms with Gasteiger partial charge in [-0.05, 0) is 24.7 Å². The van der Waals surface area contributed by atoms with Crippen LogP contribution in [0.15, 0.2) is 4.99 Å². The summed E-state index contributed by atoms with van der Waals surface area (Å²) in [7, 11) is 3.52. The fourth-order valence-corrected chi connectivity index (χ4v) is 3.22. The maximum atomic E-state index is 11.8. The summed E-state index contributed by atoms with van der Waals surface area (Å²) < 4.78 is 5.38.